The molecule has 0 bridgehead atoms. The molecule has 20 heavy (non-hydrogen) atoms. The number of amides is 1. The lowest BCUT2D eigenvalue weighted by molar-refractivity contribution is 0.0952. The van der Waals surface area contributed by atoms with E-state index in [1.54, 1.807) is 12.4 Å². The maximum atomic E-state index is 12.1. The van der Waals surface area contributed by atoms with Gasteiger partial charge in [0.25, 0.3) is 5.91 Å². The zero-order chi connectivity index (χ0) is 13.0. The van der Waals surface area contributed by atoms with Crippen LogP contribution >= 0.6 is 24.8 Å². The fourth-order valence-corrected chi connectivity index (χ4v) is 1.76. The number of fused-ring (bicyclic) bond motifs is 1. The molecule has 1 aromatic carbocycles. The highest BCUT2D eigenvalue weighted by Crippen LogP contribution is 2.17. The van der Waals surface area contributed by atoms with E-state index in [9.17, 15) is 4.79 Å². The van der Waals surface area contributed by atoms with Gasteiger partial charge in [-0.2, -0.15) is 0 Å². The predicted octanol–water partition coefficient (Wildman–Crippen LogP) is 2.42. The second kappa shape index (κ2) is 8.74. The van der Waals surface area contributed by atoms with E-state index in [1.165, 1.54) is 0 Å². The van der Waals surface area contributed by atoms with Gasteiger partial charge in [-0.1, -0.05) is 12.1 Å². The summed E-state index contributed by atoms with van der Waals surface area (Å²) in [5.74, 6) is -0.0473. The Labute approximate surface area is 131 Å². The largest absolute Gasteiger partial charge is 0.350 e. The Balaban J connectivity index is 0.00000180. The zero-order valence-corrected chi connectivity index (χ0v) is 13.1. The summed E-state index contributed by atoms with van der Waals surface area (Å²) in [5, 5.41) is 7.92. The number of aromatic nitrogens is 1. The highest BCUT2D eigenvalue weighted by atomic mass is 35.5. The van der Waals surface area contributed by atoms with Crippen LogP contribution in [0.1, 0.15) is 17.3 Å². The summed E-state index contributed by atoms with van der Waals surface area (Å²) in [4.78, 5) is 16.2. The number of pyridine rings is 1. The van der Waals surface area contributed by atoms with E-state index in [1.807, 2.05) is 38.2 Å². The molecule has 0 fully saturated rings. The third kappa shape index (κ3) is 4.34. The first-order valence-electron chi connectivity index (χ1n) is 6.00. The fourth-order valence-electron chi connectivity index (χ4n) is 1.76. The molecule has 1 atom stereocenters. The van der Waals surface area contributed by atoms with Gasteiger partial charge in [0.05, 0.1) is 0 Å². The van der Waals surface area contributed by atoms with Crippen LogP contribution in [0.2, 0.25) is 0 Å². The van der Waals surface area contributed by atoms with E-state index in [2.05, 4.69) is 15.6 Å². The van der Waals surface area contributed by atoms with Crippen molar-refractivity contribution in [3.8, 4) is 0 Å². The van der Waals surface area contributed by atoms with Crippen molar-refractivity contribution in [2.75, 3.05) is 13.6 Å². The number of nitrogens with one attached hydrogen (secondary N) is 2. The molecule has 0 aliphatic carbocycles. The number of hydrogen-bond donors (Lipinski definition) is 2. The monoisotopic (exact) mass is 315 g/mol. The quantitative estimate of drug-likeness (QED) is 0.911. The lowest BCUT2D eigenvalue weighted by Gasteiger charge is -2.12. The van der Waals surface area contributed by atoms with Crippen LogP contribution in [0.5, 0.6) is 0 Å². The molecule has 1 unspecified atom stereocenters. The molecular weight excluding hydrogens is 297 g/mol. The van der Waals surface area contributed by atoms with Gasteiger partial charge in [0.2, 0.25) is 0 Å². The lowest BCUT2D eigenvalue weighted by atomic mass is 10.1. The molecule has 1 aromatic heterocycles. The van der Waals surface area contributed by atoms with Crippen molar-refractivity contribution in [2.24, 2.45) is 0 Å². The van der Waals surface area contributed by atoms with Crippen molar-refractivity contribution in [3.05, 3.63) is 42.2 Å². The van der Waals surface area contributed by atoms with Crippen molar-refractivity contribution in [3.63, 3.8) is 0 Å². The predicted molar refractivity (Wildman–Crippen MR) is 87.1 cm³/mol. The highest BCUT2D eigenvalue weighted by Gasteiger charge is 2.10. The maximum absolute atomic E-state index is 12.1. The Morgan fingerprint density at radius 2 is 2.05 bits per heavy atom. The number of benzene rings is 1. The molecule has 0 saturated carbocycles. The molecule has 1 amide bonds. The van der Waals surface area contributed by atoms with Crippen molar-refractivity contribution >= 4 is 41.5 Å². The first-order valence-corrected chi connectivity index (χ1v) is 6.00. The fraction of sp³-hybridized carbons (Fsp3) is 0.286. The van der Waals surface area contributed by atoms with Gasteiger partial charge in [0, 0.05) is 35.9 Å². The minimum absolute atomic E-state index is 0. The molecule has 2 aromatic rings. The number of hydrogen-bond acceptors (Lipinski definition) is 3. The van der Waals surface area contributed by atoms with E-state index in [4.69, 9.17) is 0 Å². The molecule has 0 spiro atoms. The average Bonchev–Trinajstić information content (AvgIpc) is 2.43. The summed E-state index contributed by atoms with van der Waals surface area (Å²) in [7, 11) is 1.88. The lowest BCUT2D eigenvalue weighted by Crippen LogP contribution is -2.37. The van der Waals surface area contributed by atoms with Gasteiger partial charge < -0.3 is 10.6 Å². The Morgan fingerprint density at radius 1 is 1.30 bits per heavy atom. The van der Waals surface area contributed by atoms with E-state index >= 15 is 0 Å². The van der Waals surface area contributed by atoms with E-state index in [-0.39, 0.29) is 36.8 Å². The molecule has 6 heteroatoms. The molecule has 0 radical (unpaired) electrons. The minimum atomic E-state index is -0.0473. The minimum Gasteiger partial charge on any atom is -0.350 e. The molecule has 0 aliphatic rings. The molecule has 0 aliphatic heterocycles. The second-order valence-corrected chi connectivity index (χ2v) is 4.30. The van der Waals surface area contributed by atoms with Gasteiger partial charge in [0.15, 0.2) is 0 Å². The third-order valence-corrected chi connectivity index (χ3v) is 2.99. The van der Waals surface area contributed by atoms with Crippen LogP contribution in [0.25, 0.3) is 10.8 Å². The van der Waals surface area contributed by atoms with Crippen LogP contribution in [0.4, 0.5) is 0 Å². The van der Waals surface area contributed by atoms with Gasteiger partial charge in [-0.25, -0.2) is 0 Å². The van der Waals surface area contributed by atoms with E-state index in [0.717, 1.165) is 10.8 Å². The maximum Gasteiger partial charge on any atom is 0.251 e. The summed E-state index contributed by atoms with van der Waals surface area (Å²) >= 11 is 0. The molecule has 110 valence electrons. The summed E-state index contributed by atoms with van der Waals surface area (Å²) in [6.45, 7) is 2.63. The van der Waals surface area contributed by atoms with Crippen molar-refractivity contribution in [2.45, 2.75) is 13.0 Å². The Morgan fingerprint density at radius 3 is 2.75 bits per heavy atom. The summed E-state index contributed by atoms with van der Waals surface area (Å²) < 4.78 is 0. The zero-order valence-electron chi connectivity index (χ0n) is 11.4. The van der Waals surface area contributed by atoms with Crippen LogP contribution < -0.4 is 10.6 Å². The summed E-state index contributed by atoms with van der Waals surface area (Å²) in [5.41, 5.74) is 0.693. The van der Waals surface area contributed by atoms with Crippen LogP contribution in [-0.2, 0) is 0 Å². The molecule has 2 rings (SSSR count). The van der Waals surface area contributed by atoms with Gasteiger partial charge >= 0.3 is 0 Å². The van der Waals surface area contributed by atoms with Gasteiger partial charge in [-0.05, 0) is 31.5 Å². The first-order chi connectivity index (χ1) is 8.72. The van der Waals surface area contributed by atoms with Crippen LogP contribution in [0, 0.1) is 0 Å². The summed E-state index contributed by atoms with van der Waals surface area (Å²) in [6, 6.07) is 7.79. The smallest absolute Gasteiger partial charge is 0.251 e. The Kier molecular flexibility index (Phi) is 8.15. The second-order valence-electron chi connectivity index (χ2n) is 4.30. The third-order valence-electron chi connectivity index (χ3n) is 2.99. The van der Waals surface area contributed by atoms with Gasteiger partial charge in [-0.3, -0.25) is 9.78 Å². The topological polar surface area (TPSA) is 54.0 Å². The molecule has 2 N–H and O–H groups in total. The highest BCUT2D eigenvalue weighted by molar-refractivity contribution is 6.06. The standard InChI is InChI=1S/C14H17N3O.2ClH/c1-10(15-2)8-17-14(18)13-5-3-4-11-9-16-7-6-12(11)13;;/h3-7,9-10,15H,8H2,1-2H3,(H,17,18);2*1H. The first kappa shape index (κ1) is 18.6. The molecule has 4 nitrogen and oxygen atoms in total. The number of carbonyl (C=O) groups excluding carboxylic acids is 1. The van der Waals surface area contributed by atoms with E-state index in [0.29, 0.717) is 12.1 Å². The number of likely N-dealkylation sites (N-methyl/N-ethyl adjacent to an activating group) is 1. The van der Waals surface area contributed by atoms with Crippen molar-refractivity contribution in [1.82, 2.24) is 15.6 Å². The SMILES string of the molecule is CNC(C)CNC(=O)c1cccc2cnccc12.Cl.Cl. The average molecular weight is 316 g/mol. The van der Waals surface area contributed by atoms with Gasteiger partial charge in [0.1, 0.15) is 0 Å². The molecular formula is C14H19Cl2N3O. The van der Waals surface area contributed by atoms with Crippen molar-refractivity contribution < 1.29 is 4.79 Å². The van der Waals surface area contributed by atoms with Crippen LogP contribution in [-0.4, -0.2) is 30.5 Å². The van der Waals surface area contributed by atoms with Crippen LogP contribution in [0.15, 0.2) is 36.7 Å². The van der Waals surface area contributed by atoms with E-state index < -0.39 is 0 Å². The Bertz CT molecular complexity index is 558. The molecule has 0 saturated heterocycles. The number of rotatable bonds is 4. The van der Waals surface area contributed by atoms with Crippen molar-refractivity contribution in [1.29, 1.82) is 0 Å². The number of carbonyl (C=O) groups is 1. The van der Waals surface area contributed by atoms with Crippen LogP contribution in [0.3, 0.4) is 0 Å². The number of nitrogens with zero attached hydrogens (tertiary/aromatic N) is 1. The summed E-state index contributed by atoms with van der Waals surface area (Å²) in [6.07, 6.45) is 3.47. The van der Waals surface area contributed by atoms with Gasteiger partial charge in [-0.15, -0.1) is 24.8 Å². The normalized spacial score (nSPS) is 11.1. The number of halogens is 2. The Hall–Kier alpha value is -1.36. The molecule has 1 heterocycles.